The lowest BCUT2D eigenvalue weighted by molar-refractivity contribution is -0.275. The van der Waals surface area contributed by atoms with E-state index in [1.165, 1.54) is 4.90 Å². The van der Waals surface area contributed by atoms with Gasteiger partial charge in [-0.2, -0.15) is 0 Å². The number of pyridine rings is 1. The molecular formula is C42H41N3O5. The molecule has 8 heteroatoms. The highest BCUT2D eigenvalue weighted by Crippen LogP contribution is 2.42. The maximum atomic E-state index is 13.1. The Labute approximate surface area is 292 Å². The lowest BCUT2D eigenvalue weighted by Crippen LogP contribution is -2.43. The van der Waals surface area contributed by atoms with Crippen molar-refractivity contribution in [2.45, 2.75) is 45.0 Å². The van der Waals surface area contributed by atoms with Gasteiger partial charge in [0.15, 0.2) is 6.29 Å². The van der Waals surface area contributed by atoms with Gasteiger partial charge in [0, 0.05) is 42.9 Å². The zero-order valence-electron chi connectivity index (χ0n) is 28.3. The van der Waals surface area contributed by atoms with Gasteiger partial charge in [0.2, 0.25) is 0 Å². The molecule has 2 aliphatic heterocycles. The summed E-state index contributed by atoms with van der Waals surface area (Å²) in [5.41, 5.74) is 7.55. The van der Waals surface area contributed by atoms with Crippen molar-refractivity contribution in [2.75, 3.05) is 20.1 Å². The van der Waals surface area contributed by atoms with E-state index in [-0.39, 0.29) is 43.1 Å². The van der Waals surface area contributed by atoms with Crippen molar-refractivity contribution in [3.63, 3.8) is 0 Å². The third kappa shape index (κ3) is 7.02. The van der Waals surface area contributed by atoms with Gasteiger partial charge in [0.1, 0.15) is 0 Å². The SMILES string of the molecule is C[C@H]1[C@@H](CN(C)CCc2ccccn2)O[C@@H](c2ccc(-c3ccccc3CN3C(=O)c4ccccc4C3=O)cc2)O[C@H]1c1ccc(CO)cc1. The molecule has 4 aromatic carbocycles. The van der Waals surface area contributed by atoms with Crippen LogP contribution in [0.15, 0.2) is 121 Å². The number of rotatable bonds is 11. The molecule has 7 rings (SSSR count). The molecule has 0 saturated carbocycles. The highest BCUT2D eigenvalue weighted by molar-refractivity contribution is 6.21. The van der Waals surface area contributed by atoms with Crippen molar-refractivity contribution in [1.29, 1.82) is 0 Å². The first-order valence-corrected chi connectivity index (χ1v) is 17.1. The second-order valence-corrected chi connectivity index (χ2v) is 13.2. The molecule has 2 aliphatic rings. The normalized spacial score (nSPS) is 20.4. The molecule has 1 fully saturated rings. The fourth-order valence-electron chi connectivity index (χ4n) is 6.89. The number of likely N-dealkylation sites (N-methyl/N-ethyl adjacent to an activating group) is 1. The number of carbonyl (C=O) groups is 2. The van der Waals surface area contributed by atoms with Crippen molar-refractivity contribution < 1.29 is 24.2 Å². The van der Waals surface area contributed by atoms with Crippen molar-refractivity contribution >= 4 is 11.8 Å². The van der Waals surface area contributed by atoms with Gasteiger partial charge in [0.05, 0.1) is 36.5 Å². The number of fused-ring (bicyclic) bond motifs is 1. The maximum Gasteiger partial charge on any atom is 0.261 e. The van der Waals surface area contributed by atoms with E-state index in [9.17, 15) is 14.7 Å². The van der Waals surface area contributed by atoms with E-state index in [1.807, 2.05) is 91.1 Å². The number of hydrogen-bond acceptors (Lipinski definition) is 7. The first kappa shape index (κ1) is 33.5. The van der Waals surface area contributed by atoms with Gasteiger partial charge < -0.3 is 19.5 Å². The average Bonchev–Trinajstić information content (AvgIpc) is 3.40. The number of aliphatic hydroxyl groups excluding tert-OH is 1. The van der Waals surface area contributed by atoms with Crippen molar-refractivity contribution in [3.8, 4) is 11.1 Å². The number of nitrogens with zero attached hydrogens (tertiary/aromatic N) is 3. The van der Waals surface area contributed by atoms with Crippen LogP contribution in [0.4, 0.5) is 0 Å². The Hall–Kier alpha value is -4.99. The molecule has 1 N–H and O–H groups in total. The Bertz CT molecular complexity index is 1910. The van der Waals surface area contributed by atoms with Crippen LogP contribution in [0.5, 0.6) is 0 Å². The van der Waals surface area contributed by atoms with E-state index in [0.29, 0.717) is 11.1 Å². The van der Waals surface area contributed by atoms with E-state index >= 15 is 0 Å². The van der Waals surface area contributed by atoms with Crippen LogP contribution in [0, 0.1) is 5.92 Å². The Morgan fingerprint density at radius 1 is 0.760 bits per heavy atom. The minimum atomic E-state index is -0.592. The quantitative estimate of drug-likeness (QED) is 0.152. The molecule has 4 atom stereocenters. The lowest BCUT2D eigenvalue weighted by atomic mass is 9.90. The predicted molar refractivity (Wildman–Crippen MR) is 191 cm³/mol. The van der Waals surface area contributed by atoms with Crippen LogP contribution in [0.1, 0.15) is 68.0 Å². The largest absolute Gasteiger partial charge is 0.392 e. The average molecular weight is 668 g/mol. The monoisotopic (exact) mass is 667 g/mol. The number of aliphatic hydroxyl groups is 1. The first-order valence-electron chi connectivity index (χ1n) is 17.1. The zero-order chi connectivity index (χ0) is 34.6. The molecule has 254 valence electrons. The topological polar surface area (TPSA) is 92.2 Å². The molecular weight excluding hydrogens is 626 g/mol. The zero-order valence-corrected chi connectivity index (χ0v) is 28.3. The van der Waals surface area contributed by atoms with Gasteiger partial charge in [-0.1, -0.05) is 97.9 Å². The molecule has 3 heterocycles. The van der Waals surface area contributed by atoms with Crippen molar-refractivity contribution in [1.82, 2.24) is 14.8 Å². The summed E-state index contributed by atoms with van der Waals surface area (Å²) >= 11 is 0. The highest BCUT2D eigenvalue weighted by atomic mass is 16.7. The first-order chi connectivity index (χ1) is 24.4. The molecule has 0 spiro atoms. The van der Waals surface area contributed by atoms with E-state index in [1.54, 1.807) is 24.3 Å². The second-order valence-electron chi connectivity index (χ2n) is 13.2. The maximum absolute atomic E-state index is 13.1. The number of carbonyl (C=O) groups excluding carboxylic acids is 2. The van der Waals surface area contributed by atoms with Crippen LogP contribution in [0.2, 0.25) is 0 Å². The molecule has 8 nitrogen and oxygen atoms in total. The molecule has 0 unspecified atom stereocenters. The fourth-order valence-corrected chi connectivity index (χ4v) is 6.89. The number of hydrogen-bond donors (Lipinski definition) is 1. The number of benzene rings is 4. The van der Waals surface area contributed by atoms with Crippen LogP contribution in [0.25, 0.3) is 11.1 Å². The third-order valence-electron chi connectivity index (χ3n) is 9.81. The van der Waals surface area contributed by atoms with Crippen LogP contribution in [0.3, 0.4) is 0 Å². The molecule has 0 bridgehead atoms. The van der Waals surface area contributed by atoms with E-state index in [0.717, 1.165) is 58.6 Å². The van der Waals surface area contributed by atoms with Crippen molar-refractivity contribution in [3.05, 3.63) is 161 Å². The van der Waals surface area contributed by atoms with Crippen molar-refractivity contribution in [2.24, 2.45) is 5.92 Å². The molecule has 1 aromatic heterocycles. The van der Waals surface area contributed by atoms with Crippen LogP contribution >= 0.6 is 0 Å². The minimum absolute atomic E-state index is 0.00937. The van der Waals surface area contributed by atoms with Gasteiger partial charge in [-0.3, -0.25) is 19.5 Å². The summed E-state index contributed by atoms with van der Waals surface area (Å²) in [6.07, 6.45) is 1.76. The molecule has 50 heavy (non-hydrogen) atoms. The number of imide groups is 1. The summed E-state index contributed by atoms with van der Waals surface area (Å²) in [6.45, 7) is 3.92. The fraction of sp³-hybridized carbons (Fsp3) is 0.262. The summed E-state index contributed by atoms with van der Waals surface area (Å²) in [4.78, 5) is 34.3. The number of amides is 2. The van der Waals surface area contributed by atoms with Gasteiger partial charge >= 0.3 is 0 Å². The molecule has 1 saturated heterocycles. The summed E-state index contributed by atoms with van der Waals surface area (Å²) in [5.74, 6) is -0.472. The van der Waals surface area contributed by atoms with Crippen LogP contribution in [-0.4, -0.2) is 57.9 Å². The number of aromatic nitrogens is 1. The third-order valence-corrected chi connectivity index (χ3v) is 9.81. The summed E-state index contributed by atoms with van der Waals surface area (Å²) < 4.78 is 13.4. The predicted octanol–water partition coefficient (Wildman–Crippen LogP) is 7.00. The summed E-state index contributed by atoms with van der Waals surface area (Å²) in [6, 6.07) is 36.9. The van der Waals surface area contributed by atoms with E-state index < -0.39 is 6.29 Å². The standard InChI is InChI=1S/C42H41N3O5/c1-28-38(26-44(2)24-22-34-10-7-8-23-43-34)49-42(50-39(28)31-16-14-29(27-46)15-17-31)32-20-18-30(19-21-32)35-11-4-3-9-33(35)25-45-40(47)36-12-5-6-13-37(36)41(45)48/h3-21,23,28,38-39,42,46H,22,24-27H2,1-2H3/t28-,38+,39+,42+/m0/s1. The van der Waals surface area contributed by atoms with Gasteiger partial charge in [-0.25, -0.2) is 0 Å². The van der Waals surface area contributed by atoms with E-state index in [4.69, 9.17) is 9.47 Å². The molecule has 0 radical (unpaired) electrons. The van der Waals surface area contributed by atoms with Crippen LogP contribution in [-0.2, 0) is 29.0 Å². The van der Waals surface area contributed by atoms with Crippen LogP contribution < -0.4 is 0 Å². The van der Waals surface area contributed by atoms with Gasteiger partial charge in [-0.15, -0.1) is 0 Å². The smallest absolute Gasteiger partial charge is 0.261 e. The Morgan fingerprint density at radius 3 is 2.06 bits per heavy atom. The van der Waals surface area contributed by atoms with E-state index in [2.05, 4.69) is 29.9 Å². The lowest BCUT2D eigenvalue weighted by Gasteiger charge is -2.42. The summed E-state index contributed by atoms with van der Waals surface area (Å²) in [5, 5.41) is 9.62. The Morgan fingerprint density at radius 2 is 1.40 bits per heavy atom. The Kier molecular flexibility index (Phi) is 9.96. The molecule has 0 aliphatic carbocycles. The highest BCUT2D eigenvalue weighted by Gasteiger charge is 2.39. The molecule has 5 aromatic rings. The Balaban J connectivity index is 1.11. The second kappa shape index (κ2) is 14.9. The van der Waals surface area contributed by atoms with Gasteiger partial charge in [-0.05, 0) is 59.1 Å². The molecule has 2 amide bonds. The van der Waals surface area contributed by atoms with Gasteiger partial charge in [0.25, 0.3) is 11.8 Å². The minimum Gasteiger partial charge on any atom is -0.392 e. The summed E-state index contributed by atoms with van der Waals surface area (Å²) in [7, 11) is 2.11. The number of ether oxygens (including phenoxy) is 2.